The molecule has 2 atom stereocenters. The molecule has 0 heterocycles. The third kappa shape index (κ3) is 3.30. The second kappa shape index (κ2) is 6.95. The number of fused-ring (bicyclic) bond motifs is 1. The van der Waals surface area contributed by atoms with Gasteiger partial charge in [-0.05, 0) is 61.4 Å². The van der Waals surface area contributed by atoms with E-state index in [1.54, 1.807) is 12.7 Å². The monoisotopic (exact) mass is 261 g/mol. The normalized spacial score (nSPS) is 19.8. The molecule has 2 nitrogen and oxygen atoms in total. The van der Waals surface area contributed by atoms with Crippen LogP contribution in [0.3, 0.4) is 0 Å². The predicted molar refractivity (Wildman–Crippen MR) is 81.0 cm³/mol. The van der Waals surface area contributed by atoms with Crippen LogP contribution >= 0.6 is 0 Å². The fourth-order valence-electron chi connectivity index (χ4n) is 3.39. The molecule has 2 rings (SSSR count). The maximum atomic E-state index is 5.36. The zero-order valence-corrected chi connectivity index (χ0v) is 12.5. The van der Waals surface area contributed by atoms with Crippen molar-refractivity contribution < 1.29 is 4.74 Å². The molecule has 1 N–H and O–H groups in total. The van der Waals surface area contributed by atoms with Crippen LogP contribution in [0.25, 0.3) is 0 Å². The van der Waals surface area contributed by atoms with E-state index >= 15 is 0 Å². The Balaban J connectivity index is 2.24. The SMILES string of the molecule is CCCC(NCC)C1CCCc2cc(OC)ccc21. The van der Waals surface area contributed by atoms with Crippen LogP contribution in [-0.2, 0) is 6.42 Å². The van der Waals surface area contributed by atoms with Gasteiger partial charge in [-0.3, -0.25) is 0 Å². The summed E-state index contributed by atoms with van der Waals surface area (Å²) in [4.78, 5) is 0. The first-order valence-electron chi connectivity index (χ1n) is 7.70. The van der Waals surface area contributed by atoms with Gasteiger partial charge in [-0.1, -0.05) is 26.3 Å². The van der Waals surface area contributed by atoms with E-state index in [9.17, 15) is 0 Å². The Morgan fingerprint density at radius 3 is 2.89 bits per heavy atom. The second-order valence-corrected chi connectivity index (χ2v) is 5.52. The molecule has 1 aliphatic rings. The molecule has 1 aliphatic carbocycles. The Hall–Kier alpha value is -1.02. The first-order chi connectivity index (χ1) is 9.30. The molecule has 0 saturated carbocycles. The molecular weight excluding hydrogens is 234 g/mol. The van der Waals surface area contributed by atoms with Crippen LogP contribution in [0.5, 0.6) is 5.75 Å². The van der Waals surface area contributed by atoms with Crippen molar-refractivity contribution in [1.29, 1.82) is 0 Å². The Morgan fingerprint density at radius 2 is 2.21 bits per heavy atom. The van der Waals surface area contributed by atoms with Crippen molar-refractivity contribution >= 4 is 0 Å². The van der Waals surface area contributed by atoms with E-state index in [2.05, 4.69) is 37.4 Å². The Bertz CT molecular complexity index is 396. The van der Waals surface area contributed by atoms with Gasteiger partial charge >= 0.3 is 0 Å². The largest absolute Gasteiger partial charge is 0.497 e. The molecule has 2 heteroatoms. The van der Waals surface area contributed by atoms with Gasteiger partial charge in [0.25, 0.3) is 0 Å². The predicted octanol–water partition coefficient (Wildman–Crippen LogP) is 3.89. The number of likely N-dealkylation sites (N-methyl/N-ethyl adjacent to an activating group) is 1. The smallest absolute Gasteiger partial charge is 0.119 e. The summed E-state index contributed by atoms with van der Waals surface area (Å²) in [5.74, 6) is 1.67. The summed E-state index contributed by atoms with van der Waals surface area (Å²) >= 11 is 0. The zero-order chi connectivity index (χ0) is 13.7. The molecule has 0 radical (unpaired) electrons. The lowest BCUT2D eigenvalue weighted by molar-refractivity contribution is 0.374. The topological polar surface area (TPSA) is 21.3 Å². The van der Waals surface area contributed by atoms with Crippen LogP contribution in [0.15, 0.2) is 18.2 Å². The lowest BCUT2D eigenvalue weighted by Crippen LogP contribution is -2.36. The maximum absolute atomic E-state index is 5.36. The highest BCUT2D eigenvalue weighted by molar-refractivity contribution is 5.40. The third-order valence-corrected chi connectivity index (χ3v) is 4.26. The minimum Gasteiger partial charge on any atom is -0.497 e. The summed E-state index contributed by atoms with van der Waals surface area (Å²) in [6.07, 6.45) is 6.34. The fourth-order valence-corrected chi connectivity index (χ4v) is 3.39. The van der Waals surface area contributed by atoms with Crippen molar-refractivity contribution in [2.24, 2.45) is 0 Å². The van der Waals surface area contributed by atoms with Crippen molar-refractivity contribution in [3.05, 3.63) is 29.3 Å². The van der Waals surface area contributed by atoms with Crippen LogP contribution in [-0.4, -0.2) is 19.7 Å². The van der Waals surface area contributed by atoms with Crippen molar-refractivity contribution in [2.45, 2.75) is 57.9 Å². The summed E-state index contributed by atoms with van der Waals surface area (Å²) in [7, 11) is 1.75. The van der Waals surface area contributed by atoms with Gasteiger partial charge in [0.2, 0.25) is 0 Å². The highest BCUT2D eigenvalue weighted by Crippen LogP contribution is 2.37. The Morgan fingerprint density at radius 1 is 1.37 bits per heavy atom. The van der Waals surface area contributed by atoms with E-state index in [0.29, 0.717) is 12.0 Å². The summed E-state index contributed by atoms with van der Waals surface area (Å²) in [5.41, 5.74) is 3.04. The maximum Gasteiger partial charge on any atom is 0.119 e. The standard InChI is InChI=1S/C17H27NO/c1-4-7-17(18-5-2)16-9-6-8-13-12-14(19-3)10-11-15(13)16/h10-12,16-18H,4-9H2,1-3H3. The van der Waals surface area contributed by atoms with Gasteiger partial charge in [0, 0.05) is 6.04 Å². The lowest BCUT2D eigenvalue weighted by atomic mass is 9.77. The molecule has 0 saturated heterocycles. The highest BCUT2D eigenvalue weighted by Gasteiger charge is 2.27. The van der Waals surface area contributed by atoms with E-state index in [0.717, 1.165) is 12.3 Å². The van der Waals surface area contributed by atoms with Crippen molar-refractivity contribution in [1.82, 2.24) is 5.32 Å². The van der Waals surface area contributed by atoms with Crippen molar-refractivity contribution in [3.63, 3.8) is 0 Å². The quantitative estimate of drug-likeness (QED) is 0.838. The highest BCUT2D eigenvalue weighted by atomic mass is 16.5. The van der Waals surface area contributed by atoms with Crippen LogP contribution in [0.4, 0.5) is 0 Å². The zero-order valence-electron chi connectivity index (χ0n) is 12.5. The average molecular weight is 261 g/mol. The molecule has 0 fully saturated rings. The third-order valence-electron chi connectivity index (χ3n) is 4.26. The Kier molecular flexibility index (Phi) is 5.26. The number of hydrogen-bond acceptors (Lipinski definition) is 2. The molecule has 0 amide bonds. The average Bonchev–Trinajstić information content (AvgIpc) is 2.46. The first-order valence-corrected chi connectivity index (χ1v) is 7.70. The molecule has 2 unspecified atom stereocenters. The lowest BCUT2D eigenvalue weighted by Gasteiger charge is -2.33. The van der Waals surface area contributed by atoms with Gasteiger partial charge in [0.05, 0.1) is 7.11 Å². The van der Waals surface area contributed by atoms with E-state index < -0.39 is 0 Å². The number of methoxy groups -OCH3 is 1. The minimum absolute atomic E-state index is 0.627. The van der Waals surface area contributed by atoms with E-state index in [-0.39, 0.29) is 0 Å². The van der Waals surface area contributed by atoms with Crippen LogP contribution in [0.1, 0.15) is 56.6 Å². The molecule has 0 spiro atoms. The van der Waals surface area contributed by atoms with Gasteiger partial charge in [0.1, 0.15) is 5.75 Å². The fraction of sp³-hybridized carbons (Fsp3) is 0.647. The Labute approximate surface area is 117 Å². The van der Waals surface area contributed by atoms with Gasteiger partial charge in [-0.15, -0.1) is 0 Å². The number of aryl methyl sites for hydroxylation is 1. The molecule has 1 aromatic carbocycles. The molecule has 1 aromatic rings. The summed E-state index contributed by atoms with van der Waals surface area (Å²) in [6, 6.07) is 7.27. The van der Waals surface area contributed by atoms with E-state index in [1.165, 1.54) is 37.7 Å². The van der Waals surface area contributed by atoms with Crippen molar-refractivity contribution in [2.75, 3.05) is 13.7 Å². The second-order valence-electron chi connectivity index (χ2n) is 5.52. The molecule has 0 aromatic heterocycles. The number of rotatable bonds is 6. The molecule has 0 bridgehead atoms. The van der Waals surface area contributed by atoms with Crippen LogP contribution in [0.2, 0.25) is 0 Å². The van der Waals surface area contributed by atoms with Gasteiger partial charge in [-0.25, -0.2) is 0 Å². The summed E-state index contributed by atoms with van der Waals surface area (Å²) < 4.78 is 5.36. The van der Waals surface area contributed by atoms with Crippen LogP contribution < -0.4 is 10.1 Å². The van der Waals surface area contributed by atoms with Gasteiger partial charge < -0.3 is 10.1 Å². The first kappa shape index (κ1) is 14.4. The number of hydrogen-bond donors (Lipinski definition) is 1. The van der Waals surface area contributed by atoms with E-state index in [4.69, 9.17) is 4.74 Å². The van der Waals surface area contributed by atoms with Crippen molar-refractivity contribution in [3.8, 4) is 5.75 Å². The summed E-state index contributed by atoms with van der Waals surface area (Å²) in [5, 5.41) is 3.69. The molecule has 19 heavy (non-hydrogen) atoms. The number of ether oxygens (including phenoxy) is 1. The van der Waals surface area contributed by atoms with E-state index in [1.807, 2.05) is 0 Å². The number of benzene rings is 1. The summed E-state index contributed by atoms with van der Waals surface area (Å²) in [6.45, 7) is 5.55. The van der Waals surface area contributed by atoms with Gasteiger partial charge in [-0.2, -0.15) is 0 Å². The molecular formula is C17H27NO. The number of nitrogens with one attached hydrogen (secondary N) is 1. The molecule has 106 valence electrons. The molecule has 0 aliphatic heterocycles. The minimum atomic E-state index is 0.627. The van der Waals surface area contributed by atoms with Gasteiger partial charge in [0.15, 0.2) is 0 Å². The van der Waals surface area contributed by atoms with Crippen LogP contribution in [0, 0.1) is 0 Å².